The second-order valence-corrected chi connectivity index (χ2v) is 12.9. The van der Waals surface area contributed by atoms with Crippen LogP contribution >= 0.6 is 23.2 Å². The summed E-state index contributed by atoms with van der Waals surface area (Å²) in [6, 6.07) is 13.4. The van der Waals surface area contributed by atoms with Crippen molar-refractivity contribution in [3.05, 3.63) is 92.3 Å². The first kappa shape index (κ1) is 26.2. The van der Waals surface area contributed by atoms with Crippen molar-refractivity contribution in [3.63, 3.8) is 0 Å². The van der Waals surface area contributed by atoms with Gasteiger partial charge >= 0.3 is 5.97 Å². The number of rotatable bonds is 4. The lowest BCUT2D eigenvalue weighted by atomic mass is 9.73. The van der Waals surface area contributed by atoms with Crippen LogP contribution in [0.15, 0.2) is 48.5 Å². The van der Waals surface area contributed by atoms with E-state index in [0.717, 1.165) is 35.9 Å². The predicted molar refractivity (Wildman–Crippen MR) is 158 cm³/mol. The minimum Gasteiger partial charge on any atom is -0.478 e. The summed E-state index contributed by atoms with van der Waals surface area (Å²) in [6.45, 7) is 2.48. The highest BCUT2D eigenvalue weighted by atomic mass is 35.5. The zero-order valence-corrected chi connectivity index (χ0v) is 24.2. The topological polar surface area (TPSA) is 87.5 Å². The van der Waals surface area contributed by atoms with Gasteiger partial charge in [0.1, 0.15) is 11.4 Å². The molecule has 4 atom stereocenters. The Morgan fingerprint density at radius 3 is 2.74 bits per heavy atom. The van der Waals surface area contributed by atoms with Crippen LogP contribution in [0.5, 0.6) is 0 Å². The van der Waals surface area contributed by atoms with Crippen molar-refractivity contribution in [3.8, 4) is 0 Å². The normalized spacial score (nSPS) is 26.4. The third-order valence-corrected chi connectivity index (χ3v) is 10.4. The Bertz CT molecular complexity index is 1850. The number of hydrogen-bond acceptors (Lipinski definition) is 4. The summed E-state index contributed by atoms with van der Waals surface area (Å²) < 4.78 is 18.2. The summed E-state index contributed by atoms with van der Waals surface area (Å²) in [5.41, 5.74) is 2.93. The molecule has 1 aliphatic carbocycles. The minimum absolute atomic E-state index is 0.00168. The second-order valence-electron chi connectivity index (χ2n) is 12.1. The van der Waals surface area contributed by atoms with Crippen molar-refractivity contribution >= 4 is 51.7 Å². The molecule has 0 bridgehead atoms. The Balaban J connectivity index is 1.44. The number of hydrogen-bond donors (Lipinski definition) is 2. The maximum absolute atomic E-state index is 16.2. The van der Waals surface area contributed by atoms with Crippen LogP contribution < -0.4 is 5.32 Å². The molecule has 1 aromatic heterocycles. The molecule has 42 heavy (non-hydrogen) atoms. The van der Waals surface area contributed by atoms with E-state index in [-0.39, 0.29) is 22.5 Å². The summed E-state index contributed by atoms with van der Waals surface area (Å²) >= 11 is 12.8. The lowest BCUT2D eigenvalue weighted by Gasteiger charge is -2.39. The van der Waals surface area contributed by atoms with E-state index in [0.29, 0.717) is 46.2 Å². The number of aromatic nitrogens is 2. The SMILES string of the molecule is Cc1c(C(=O)O)ccc2c3n(nc12)[C@@H]1[C@H](CC3)N(CC2CC2)[C@@]2(C(=O)Nc3cc(Cl)ccc32)[C@H]1c1cccc(Cl)c1F. The lowest BCUT2D eigenvalue weighted by Crippen LogP contribution is -2.52. The highest BCUT2D eigenvalue weighted by molar-refractivity contribution is 6.31. The Hall–Kier alpha value is -3.46. The lowest BCUT2D eigenvalue weighted by molar-refractivity contribution is -0.128. The van der Waals surface area contributed by atoms with E-state index in [1.807, 2.05) is 16.8 Å². The van der Waals surface area contributed by atoms with Gasteiger partial charge in [-0.1, -0.05) is 47.5 Å². The van der Waals surface area contributed by atoms with E-state index in [1.165, 1.54) is 6.07 Å². The molecule has 1 saturated carbocycles. The van der Waals surface area contributed by atoms with Crippen LogP contribution in [0.25, 0.3) is 10.9 Å². The van der Waals surface area contributed by atoms with Crippen molar-refractivity contribution < 1.29 is 19.1 Å². The molecule has 3 aliphatic heterocycles. The number of fused-ring (bicyclic) bond motifs is 7. The van der Waals surface area contributed by atoms with Gasteiger partial charge < -0.3 is 10.4 Å². The number of carboxylic acid groups (broad SMARTS) is 1. The third-order valence-electron chi connectivity index (χ3n) is 9.91. The van der Waals surface area contributed by atoms with Crippen LogP contribution in [0.1, 0.15) is 64.0 Å². The number of benzene rings is 3. The number of halogens is 3. The van der Waals surface area contributed by atoms with Crippen LogP contribution in [0, 0.1) is 18.7 Å². The van der Waals surface area contributed by atoms with Gasteiger partial charge in [-0.05, 0) is 73.9 Å². The van der Waals surface area contributed by atoms with Gasteiger partial charge in [-0.3, -0.25) is 14.4 Å². The highest BCUT2D eigenvalue weighted by Gasteiger charge is 2.69. The third kappa shape index (κ3) is 3.40. The minimum atomic E-state index is -1.22. The van der Waals surface area contributed by atoms with E-state index in [1.54, 1.807) is 37.3 Å². The number of carbonyl (C=O) groups excluding carboxylic acids is 1. The fourth-order valence-electron chi connectivity index (χ4n) is 8.00. The number of anilines is 1. The Morgan fingerprint density at radius 2 is 1.98 bits per heavy atom. The molecule has 8 rings (SSSR count). The molecule has 0 radical (unpaired) electrons. The van der Waals surface area contributed by atoms with E-state index in [2.05, 4.69) is 10.2 Å². The molecule has 4 aromatic rings. The molecular formula is C32H27Cl2FN4O3. The van der Waals surface area contributed by atoms with E-state index in [4.69, 9.17) is 28.3 Å². The molecular weight excluding hydrogens is 578 g/mol. The van der Waals surface area contributed by atoms with Crippen LogP contribution in [0.4, 0.5) is 10.1 Å². The zero-order chi connectivity index (χ0) is 29.1. The molecule has 1 amide bonds. The molecule has 7 nitrogen and oxygen atoms in total. The van der Waals surface area contributed by atoms with Gasteiger partial charge in [0.15, 0.2) is 0 Å². The van der Waals surface area contributed by atoms with Gasteiger partial charge in [0, 0.05) is 45.9 Å². The van der Waals surface area contributed by atoms with Crippen LogP contribution in [0.2, 0.25) is 10.0 Å². The highest BCUT2D eigenvalue weighted by Crippen LogP contribution is 2.63. The predicted octanol–water partition coefficient (Wildman–Crippen LogP) is 6.70. The van der Waals surface area contributed by atoms with Gasteiger partial charge in [0.05, 0.1) is 22.1 Å². The monoisotopic (exact) mass is 604 g/mol. The van der Waals surface area contributed by atoms with Gasteiger partial charge in [-0.25, -0.2) is 9.18 Å². The molecule has 4 heterocycles. The van der Waals surface area contributed by atoms with Crippen molar-refractivity contribution in [1.29, 1.82) is 0 Å². The van der Waals surface area contributed by atoms with E-state index >= 15 is 4.39 Å². The van der Waals surface area contributed by atoms with Crippen LogP contribution in [0.3, 0.4) is 0 Å². The van der Waals surface area contributed by atoms with E-state index in [9.17, 15) is 14.7 Å². The molecule has 1 saturated heterocycles. The number of aromatic carboxylic acids is 1. The Morgan fingerprint density at radius 1 is 1.17 bits per heavy atom. The number of aryl methyl sites for hydroxylation is 2. The molecule has 4 aliphatic rings. The number of amides is 1. The fraction of sp³-hybridized carbons (Fsp3) is 0.344. The summed E-state index contributed by atoms with van der Waals surface area (Å²) in [7, 11) is 0. The van der Waals surface area contributed by atoms with Crippen molar-refractivity contribution in [2.24, 2.45) is 5.92 Å². The molecule has 214 valence electrons. The first-order valence-corrected chi connectivity index (χ1v) is 15.0. The average Bonchev–Trinajstić information content (AvgIpc) is 3.53. The summed E-state index contributed by atoms with van der Waals surface area (Å²) in [5, 5.41) is 19.3. The number of nitrogens with zero attached hydrogens (tertiary/aromatic N) is 3. The number of carbonyl (C=O) groups is 2. The average molecular weight is 605 g/mol. The first-order chi connectivity index (χ1) is 20.2. The van der Waals surface area contributed by atoms with Gasteiger partial charge in [0.25, 0.3) is 0 Å². The zero-order valence-electron chi connectivity index (χ0n) is 22.7. The Labute approximate surface area is 251 Å². The molecule has 2 fully saturated rings. The number of carboxylic acids is 1. The quantitative estimate of drug-likeness (QED) is 0.270. The standard InChI is InChI=1S/C32H27Cl2FN4O3/c1-15-18(30(40)41)8-9-19-24-11-12-25-29(39(24)37-28(15)19)26(20-3-2-4-22(34)27(20)35)32(38(25)14-16-5-6-16)21-10-7-17(33)13-23(21)36-31(32)42/h2-4,7-10,13,16,25-26,29H,5-6,11-12,14H2,1H3,(H,36,42)(H,40,41)/t25-,26-,29+,32+/m0/s1. The first-order valence-electron chi connectivity index (χ1n) is 14.3. The van der Waals surface area contributed by atoms with Crippen molar-refractivity contribution in [1.82, 2.24) is 14.7 Å². The summed E-state index contributed by atoms with van der Waals surface area (Å²) in [4.78, 5) is 28.8. The maximum Gasteiger partial charge on any atom is 0.336 e. The van der Waals surface area contributed by atoms with Crippen LogP contribution in [-0.2, 0) is 16.8 Å². The van der Waals surface area contributed by atoms with Gasteiger partial charge in [-0.15, -0.1) is 0 Å². The molecule has 1 spiro atoms. The van der Waals surface area contributed by atoms with Gasteiger partial charge in [-0.2, -0.15) is 5.10 Å². The molecule has 2 N–H and O–H groups in total. The summed E-state index contributed by atoms with van der Waals surface area (Å²) in [6.07, 6.45) is 3.61. The van der Waals surface area contributed by atoms with Gasteiger partial charge in [0.2, 0.25) is 5.91 Å². The molecule has 10 heteroatoms. The van der Waals surface area contributed by atoms with Crippen molar-refractivity contribution in [2.75, 3.05) is 11.9 Å². The van der Waals surface area contributed by atoms with Crippen molar-refractivity contribution in [2.45, 2.75) is 56.1 Å². The molecule has 3 aromatic carbocycles. The summed E-state index contributed by atoms with van der Waals surface area (Å²) in [5.74, 6) is -1.98. The van der Waals surface area contributed by atoms with Crippen LogP contribution in [-0.4, -0.2) is 44.3 Å². The second kappa shape index (κ2) is 9.02. The number of nitrogens with one attached hydrogen (secondary N) is 1. The van der Waals surface area contributed by atoms with E-state index < -0.39 is 29.3 Å². The molecule has 0 unspecified atom stereocenters. The maximum atomic E-state index is 16.2. The smallest absolute Gasteiger partial charge is 0.336 e. The largest absolute Gasteiger partial charge is 0.478 e. The Kier molecular flexibility index (Phi) is 5.62. The fourth-order valence-corrected chi connectivity index (χ4v) is 8.36. The number of likely N-dealkylation sites (tertiary alicyclic amines) is 1.